The Bertz CT molecular complexity index is 1320. The van der Waals surface area contributed by atoms with Gasteiger partial charge in [0.25, 0.3) is 5.56 Å². The van der Waals surface area contributed by atoms with E-state index >= 15 is 0 Å². The number of rotatable bonds is 7. The predicted octanol–water partition coefficient (Wildman–Crippen LogP) is 2.80. The van der Waals surface area contributed by atoms with Crippen LogP contribution in [0.15, 0.2) is 58.2 Å². The van der Waals surface area contributed by atoms with E-state index in [1.54, 1.807) is 57.2 Å². The van der Waals surface area contributed by atoms with E-state index in [9.17, 15) is 18.0 Å². The van der Waals surface area contributed by atoms with Gasteiger partial charge < -0.3 is 13.7 Å². The Labute approximate surface area is 185 Å². The fraction of sp³-hybridized carbons (Fsp3) is 0.227. The average Bonchev–Trinajstić information content (AvgIpc) is 2.75. The second kappa shape index (κ2) is 9.23. The van der Waals surface area contributed by atoms with Crippen molar-refractivity contribution < 1.29 is 26.9 Å². The number of carbonyl (C=O) groups excluding carboxylic acids is 1. The smallest absolute Gasteiger partial charge is 0.362 e. The molecule has 0 fully saturated rings. The Kier molecular flexibility index (Phi) is 6.64. The van der Waals surface area contributed by atoms with E-state index in [1.165, 1.54) is 13.2 Å². The van der Waals surface area contributed by atoms with Crippen LogP contribution in [0.2, 0.25) is 0 Å². The molecule has 1 heterocycles. The van der Waals surface area contributed by atoms with Crippen LogP contribution in [0, 0.1) is 13.8 Å². The Morgan fingerprint density at radius 3 is 2.34 bits per heavy atom. The van der Waals surface area contributed by atoms with Crippen molar-refractivity contribution >= 4 is 16.1 Å². The second-order valence-corrected chi connectivity index (χ2v) is 8.30. The third-order valence-electron chi connectivity index (χ3n) is 4.53. The molecule has 0 aliphatic rings. The number of aryl methyl sites for hydroxylation is 2. The van der Waals surface area contributed by atoms with Gasteiger partial charge in [-0.25, -0.2) is 4.79 Å². The minimum absolute atomic E-state index is 0.0218. The average molecular weight is 458 g/mol. The zero-order valence-corrected chi connectivity index (χ0v) is 18.8. The third-order valence-corrected chi connectivity index (χ3v) is 5.90. The number of hydrogen-bond acceptors (Lipinski definition) is 8. The molecule has 0 atom stereocenters. The van der Waals surface area contributed by atoms with E-state index in [2.05, 4.69) is 5.10 Å². The van der Waals surface area contributed by atoms with Crippen molar-refractivity contribution in [1.29, 1.82) is 0 Å². The molecule has 0 bridgehead atoms. The van der Waals surface area contributed by atoms with Crippen molar-refractivity contribution in [2.24, 2.45) is 0 Å². The maximum Gasteiger partial charge on any atom is 0.362 e. The molecule has 2 aromatic carbocycles. The molecule has 10 heteroatoms. The summed E-state index contributed by atoms with van der Waals surface area (Å²) in [6.07, 6.45) is 0. The summed E-state index contributed by atoms with van der Waals surface area (Å²) in [6, 6.07) is 12.2. The molecular weight excluding hydrogens is 436 g/mol. The largest absolute Gasteiger partial charge is 0.496 e. The van der Waals surface area contributed by atoms with Gasteiger partial charge in [0.05, 0.1) is 25.5 Å². The lowest BCUT2D eigenvalue weighted by atomic mass is 10.1. The first kappa shape index (κ1) is 23.0. The van der Waals surface area contributed by atoms with Crippen molar-refractivity contribution in [2.45, 2.75) is 25.7 Å². The van der Waals surface area contributed by atoms with E-state index in [0.717, 1.165) is 10.7 Å². The van der Waals surface area contributed by atoms with Gasteiger partial charge in [-0.2, -0.15) is 18.2 Å². The molecule has 0 radical (unpaired) electrons. The van der Waals surface area contributed by atoms with Gasteiger partial charge in [-0.15, -0.1) is 0 Å². The van der Waals surface area contributed by atoms with Gasteiger partial charge in [0.1, 0.15) is 10.6 Å². The molecule has 1 aromatic heterocycles. The minimum atomic E-state index is -4.41. The predicted molar refractivity (Wildman–Crippen MR) is 116 cm³/mol. The summed E-state index contributed by atoms with van der Waals surface area (Å²) < 4.78 is 42.4. The van der Waals surface area contributed by atoms with Gasteiger partial charge in [-0.3, -0.25) is 4.79 Å². The van der Waals surface area contributed by atoms with Crippen molar-refractivity contribution in [3.63, 3.8) is 0 Å². The highest BCUT2D eigenvalue weighted by molar-refractivity contribution is 7.87. The fourth-order valence-electron chi connectivity index (χ4n) is 3.01. The van der Waals surface area contributed by atoms with Crippen LogP contribution in [0.3, 0.4) is 0 Å². The Morgan fingerprint density at radius 2 is 1.72 bits per heavy atom. The molecule has 0 spiro atoms. The Morgan fingerprint density at radius 1 is 1.03 bits per heavy atom. The summed E-state index contributed by atoms with van der Waals surface area (Å²) in [6.45, 7) is 4.87. The number of nitrogens with zero attached hydrogens (tertiary/aromatic N) is 2. The van der Waals surface area contributed by atoms with Gasteiger partial charge in [0.15, 0.2) is 5.75 Å². The van der Waals surface area contributed by atoms with E-state index < -0.39 is 33.1 Å². The molecule has 9 nitrogen and oxygen atoms in total. The molecule has 3 aromatic rings. The highest BCUT2D eigenvalue weighted by Gasteiger charge is 2.27. The van der Waals surface area contributed by atoms with Crippen LogP contribution in [0.4, 0.5) is 0 Å². The van der Waals surface area contributed by atoms with Crippen LogP contribution in [0.1, 0.15) is 28.5 Å². The summed E-state index contributed by atoms with van der Waals surface area (Å²) in [5.41, 5.74) is 0.206. The van der Waals surface area contributed by atoms with Gasteiger partial charge >= 0.3 is 16.1 Å². The molecule has 0 saturated heterocycles. The van der Waals surface area contributed by atoms with E-state index in [-0.39, 0.29) is 11.5 Å². The van der Waals surface area contributed by atoms with Crippen molar-refractivity contribution in [1.82, 2.24) is 9.78 Å². The van der Waals surface area contributed by atoms with Crippen LogP contribution < -0.4 is 14.5 Å². The number of ether oxygens (including phenoxy) is 2. The van der Waals surface area contributed by atoms with Crippen molar-refractivity contribution in [3.05, 3.63) is 75.7 Å². The molecule has 168 valence electrons. The van der Waals surface area contributed by atoms with Gasteiger partial charge in [-0.1, -0.05) is 18.2 Å². The standard InChI is InChI=1S/C22H22N2O7S/c1-5-30-22(26)21-18(13-20(25)24(23-21)16-9-7-6-8-10-16)31-32(27,28)19-12-14(2)17(29-4)11-15(19)3/h6-13H,5H2,1-4H3. The van der Waals surface area contributed by atoms with Crippen LogP contribution >= 0.6 is 0 Å². The van der Waals surface area contributed by atoms with Crippen LogP contribution in [0.5, 0.6) is 11.5 Å². The molecule has 32 heavy (non-hydrogen) atoms. The molecule has 3 rings (SSSR count). The first-order chi connectivity index (χ1) is 15.2. The first-order valence-corrected chi connectivity index (χ1v) is 11.1. The molecule has 0 unspecified atom stereocenters. The number of carbonyl (C=O) groups is 1. The Balaban J connectivity index is 2.13. The highest BCUT2D eigenvalue weighted by atomic mass is 32.2. The Hall–Kier alpha value is -3.66. The number of benzene rings is 2. The molecule has 0 aliphatic heterocycles. The second-order valence-electron chi connectivity index (χ2n) is 6.79. The monoisotopic (exact) mass is 458 g/mol. The minimum Gasteiger partial charge on any atom is -0.496 e. The lowest BCUT2D eigenvalue weighted by molar-refractivity contribution is 0.0515. The molecule has 0 saturated carbocycles. The maximum absolute atomic E-state index is 13.0. The van der Waals surface area contributed by atoms with E-state index in [1.807, 2.05) is 0 Å². The van der Waals surface area contributed by atoms with Gasteiger partial charge in [-0.05, 0) is 56.2 Å². The highest BCUT2D eigenvalue weighted by Crippen LogP contribution is 2.28. The van der Waals surface area contributed by atoms with Gasteiger partial charge in [0.2, 0.25) is 5.69 Å². The quantitative estimate of drug-likeness (QED) is 0.392. The van der Waals surface area contributed by atoms with E-state index in [4.69, 9.17) is 13.7 Å². The van der Waals surface area contributed by atoms with Gasteiger partial charge in [0, 0.05) is 0 Å². The van der Waals surface area contributed by atoms with Crippen molar-refractivity contribution in [3.8, 4) is 17.2 Å². The summed E-state index contributed by atoms with van der Waals surface area (Å²) in [4.78, 5) is 25.0. The summed E-state index contributed by atoms with van der Waals surface area (Å²) >= 11 is 0. The van der Waals surface area contributed by atoms with E-state index in [0.29, 0.717) is 22.6 Å². The number of methoxy groups -OCH3 is 1. The van der Waals surface area contributed by atoms with Crippen LogP contribution in [-0.2, 0) is 14.9 Å². The lowest BCUT2D eigenvalue weighted by Gasteiger charge is -2.14. The normalized spacial score (nSPS) is 11.1. The number of aromatic nitrogens is 2. The van der Waals surface area contributed by atoms with Crippen molar-refractivity contribution in [2.75, 3.05) is 13.7 Å². The van der Waals surface area contributed by atoms with Crippen LogP contribution in [0.25, 0.3) is 5.69 Å². The zero-order valence-electron chi connectivity index (χ0n) is 18.0. The maximum atomic E-state index is 13.0. The number of esters is 1. The molecular formula is C22H22N2O7S. The lowest BCUT2D eigenvalue weighted by Crippen LogP contribution is -2.26. The summed E-state index contributed by atoms with van der Waals surface area (Å²) in [5.74, 6) is -0.931. The van der Waals surface area contributed by atoms with Crippen LogP contribution in [-0.4, -0.2) is 37.9 Å². The summed E-state index contributed by atoms with van der Waals surface area (Å²) in [5, 5.41) is 4.03. The summed E-state index contributed by atoms with van der Waals surface area (Å²) in [7, 11) is -2.93. The SMILES string of the molecule is CCOC(=O)c1nn(-c2ccccc2)c(=O)cc1OS(=O)(=O)c1cc(C)c(OC)cc1C. The third kappa shape index (κ3) is 4.65. The number of para-hydroxylation sites is 1. The molecule has 0 amide bonds. The number of hydrogen-bond donors (Lipinski definition) is 0. The zero-order chi connectivity index (χ0) is 23.5. The molecule has 0 aliphatic carbocycles. The molecule has 0 N–H and O–H groups in total. The topological polar surface area (TPSA) is 114 Å². The first-order valence-electron chi connectivity index (χ1n) is 9.64. The fourth-order valence-corrected chi connectivity index (χ4v) is 4.24.